The van der Waals surface area contributed by atoms with Crippen molar-refractivity contribution in [3.8, 4) is 0 Å². The summed E-state index contributed by atoms with van der Waals surface area (Å²) < 4.78 is 32.6. The Morgan fingerprint density at radius 2 is 2.09 bits per heavy atom. The largest absolute Gasteiger partial charge is 0.350 e. The smallest absolute Gasteiger partial charge is 0.289 e. The standard InChI is InChI=1S/C21H20BrF2N5O3/c1-28-8-13(7-25-28)9-29-10-15(20(30)27-32-11-12-2-3-12)19(18(24)21(29)31)26-17-5-4-14(22)6-16(17)23/h4-8,10,12,26H,2-3,9,11H2,1H3,(H,27,30). The third-order valence-electron chi connectivity index (χ3n) is 4.95. The number of hydroxylamine groups is 1. The zero-order valence-electron chi connectivity index (χ0n) is 17.1. The molecule has 4 rings (SSSR count). The molecule has 2 heterocycles. The van der Waals surface area contributed by atoms with Gasteiger partial charge in [-0.1, -0.05) is 15.9 Å². The SMILES string of the molecule is Cn1cc(Cn2cc(C(=O)NOCC3CC3)c(Nc3ccc(Br)cc3F)c(F)c2=O)cn1. The van der Waals surface area contributed by atoms with Crippen LogP contribution in [0.3, 0.4) is 0 Å². The number of halogens is 3. The first-order valence-electron chi connectivity index (χ1n) is 9.86. The molecular formula is C21H20BrF2N5O3. The van der Waals surface area contributed by atoms with Crippen molar-refractivity contribution in [2.24, 2.45) is 13.0 Å². The Morgan fingerprint density at radius 3 is 2.75 bits per heavy atom. The Labute approximate surface area is 190 Å². The Bertz CT molecular complexity index is 1220. The molecule has 0 radical (unpaired) electrons. The number of anilines is 2. The molecule has 8 nitrogen and oxygen atoms in total. The number of aryl methyl sites for hydroxylation is 1. The lowest BCUT2D eigenvalue weighted by Crippen LogP contribution is -2.31. The molecule has 11 heteroatoms. The van der Waals surface area contributed by atoms with Gasteiger partial charge < -0.3 is 9.88 Å². The first kappa shape index (κ1) is 22.2. The summed E-state index contributed by atoms with van der Waals surface area (Å²) in [5.41, 5.74) is 1.22. The minimum absolute atomic E-state index is 0.000268. The van der Waals surface area contributed by atoms with Gasteiger partial charge in [-0.2, -0.15) is 9.49 Å². The molecule has 2 aromatic heterocycles. The topological polar surface area (TPSA) is 90.2 Å². The number of rotatable bonds is 8. The van der Waals surface area contributed by atoms with E-state index in [1.54, 1.807) is 24.0 Å². The van der Waals surface area contributed by atoms with Crippen molar-refractivity contribution < 1.29 is 18.4 Å². The van der Waals surface area contributed by atoms with Crippen molar-refractivity contribution in [2.45, 2.75) is 19.4 Å². The van der Waals surface area contributed by atoms with Gasteiger partial charge in [-0.25, -0.2) is 9.87 Å². The minimum Gasteiger partial charge on any atom is -0.350 e. The van der Waals surface area contributed by atoms with Crippen molar-refractivity contribution in [2.75, 3.05) is 11.9 Å². The second-order valence-electron chi connectivity index (χ2n) is 7.62. The molecule has 1 aliphatic carbocycles. The maximum absolute atomic E-state index is 15.2. The summed E-state index contributed by atoms with van der Waals surface area (Å²) >= 11 is 3.15. The van der Waals surface area contributed by atoms with Crippen molar-refractivity contribution in [3.05, 3.63) is 74.4 Å². The van der Waals surface area contributed by atoms with Crippen LogP contribution in [0.5, 0.6) is 0 Å². The molecule has 168 valence electrons. The van der Waals surface area contributed by atoms with Crippen LogP contribution in [0.1, 0.15) is 28.8 Å². The quantitative estimate of drug-likeness (QED) is 0.455. The van der Waals surface area contributed by atoms with Crippen molar-refractivity contribution in [1.82, 2.24) is 19.8 Å². The number of carbonyl (C=O) groups is 1. The number of nitrogens with one attached hydrogen (secondary N) is 2. The molecule has 0 atom stereocenters. The number of pyridine rings is 1. The van der Waals surface area contributed by atoms with E-state index in [1.165, 1.54) is 24.5 Å². The molecule has 2 N–H and O–H groups in total. The van der Waals surface area contributed by atoms with Crippen LogP contribution in [-0.4, -0.2) is 26.9 Å². The number of aromatic nitrogens is 3. The van der Waals surface area contributed by atoms with Crippen LogP contribution in [0.15, 0.2) is 46.1 Å². The summed E-state index contributed by atoms with van der Waals surface area (Å²) in [6.07, 6.45) is 6.47. The minimum atomic E-state index is -1.22. The highest BCUT2D eigenvalue weighted by Crippen LogP contribution is 2.29. The van der Waals surface area contributed by atoms with Gasteiger partial charge in [0.2, 0.25) is 5.82 Å². The predicted octanol–water partition coefficient (Wildman–Crippen LogP) is 3.49. The van der Waals surface area contributed by atoms with E-state index < -0.39 is 28.8 Å². The van der Waals surface area contributed by atoms with E-state index >= 15 is 4.39 Å². The van der Waals surface area contributed by atoms with Gasteiger partial charge in [0.25, 0.3) is 11.5 Å². The van der Waals surface area contributed by atoms with Crippen LogP contribution < -0.4 is 16.4 Å². The number of hydrogen-bond donors (Lipinski definition) is 2. The zero-order chi connectivity index (χ0) is 22.8. The monoisotopic (exact) mass is 507 g/mol. The van der Waals surface area contributed by atoms with Gasteiger partial charge in [0.1, 0.15) is 5.82 Å². The highest BCUT2D eigenvalue weighted by molar-refractivity contribution is 9.10. The van der Waals surface area contributed by atoms with Gasteiger partial charge in [0.05, 0.1) is 36.3 Å². The molecule has 3 aromatic rings. The number of nitrogens with zero attached hydrogens (tertiary/aromatic N) is 3. The lowest BCUT2D eigenvalue weighted by molar-refractivity contribution is 0.0270. The first-order valence-corrected chi connectivity index (χ1v) is 10.7. The van der Waals surface area contributed by atoms with E-state index in [4.69, 9.17) is 4.84 Å². The molecule has 0 aliphatic heterocycles. The summed E-state index contributed by atoms with van der Waals surface area (Å²) in [5, 5.41) is 6.57. The molecule has 1 amide bonds. The third kappa shape index (κ3) is 5.05. The summed E-state index contributed by atoms with van der Waals surface area (Å²) in [7, 11) is 1.71. The second-order valence-corrected chi connectivity index (χ2v) is 8.54. The van der Waals surface area contributed by atoms with E-state index in [0.29, 0.717) is 22.6 Å². The van der Waals surface area contributed by atoms with Gasteiger partial charge in [-0.3, -0.25) is 19.1 Å². The molecular weight excluding hydrogens is 488 g/mol. The highest BCUT2D eigenvalue weighted by Gasteiger charge is 2.25. The Hall–Kier alpha value is -3.05. The average Bonchev–Trinajstić information content (AvgIpc) is 3.48. The lowest BCUT2D eigenvalue weighted by Gasteiger charge is -2.16. The Balaban J connectivity index is 1.70. The highest BCUT2D eigenvalue weighted by atomic mass is 79.9. The molecule has 0 unspecified atom stereocenters. The molecule has 1 fully saturated rings. The van der Waals surface area contributed by atoms with E-state index in [0.717, 1.165) is 17.4 Å². The molecule has 1 aromatic carbocycles. The van der Waals surface area contributed by atoms with E-state index in [-0.39, 0.29) is 17.8 Å². The van der Waals surface area contributed by atoms with Crippen molar-refractivity contribution in [3.63, 3.8) is 0 Å². The van der Waals surface area contributed by atoms with Crippen LogP contribution in [0.25, 0.3) is 0 Å². The number of hydrogen-bond acceptors (Lipinski definition) is 5. The third-order valence-corrected chi connectivity index (χ3v) is 5.44. The fourth-order valence-electron chi connectivity index (χ4n) is 3.08. The van der Waals surface area contributed by atoms with Gasteiger partial charge in [-0.05, 0) is 37.0 Å². The van der Waals surface area contributed by atoms with Crippen LogP contribution in [0, 0.1) is 17.6 Å². The first-order chi connectivity index (χ1) is 15.3. The van der Waals surface area contributed by atoms with E-state index in [1.807, 2.05) is 0 Å². The molecule has 0 bridgehead atoms. The van der Waals surface area contributed by atoms with Crippen molar-refractivity contribution >= 4 is 33.2 Å². The summed E-state index contributed by atoms with van der Waals surface area (Å²) in [6, 6.07) is 4.10. The number of amides is 1. The average molecular weight is 508 g/mol. The maximum Gasteiger partial charge on any atom is 0.289 e. The summed E-state index contributed by atoms with van der Waals surface area (Å²) in [5.74, 6) is -2.27. The van der Waals surface area contributed by atoms with Gasteiger partial charge in [0.15, 0.2) is 0 Å². The van der Waals surface area contributed by atoms with Crippen LogP contribution in [0.4, 0.5) is 20.2 Å². The fraction of sp³-hybridized carbons (Fsp3) is 0.286. The summed E-state index contributed by atoms with van der Waals surface area (Å²) in [4.78, 5) is 30.7. The predicted molar refractivity (Wildman–Crippen MR) is 116 cm³/mol. The fourth-order valence-corrected chi connectivity index (χ4v) is 3.42. The maximum atomic E-state index is 15.2. The normalized spacial score (nSPS) is 13.2. The van der Waals surface area contributed by atoms with Crippen molar-refractivity contribution in [1.29, 1.82) is 0 Å². The van der Waals surface area contributed by atoms with Gasteiger partial charge in [0, 0.05) is 29.5 Å². The second kappa shape index (κ2) is 9.21. The molecule has 1 saturated carbocycles. The molecule has 0 saturated heterocycles. The number of benzene rings is 1. The Kier molecular flexibility index (Phi) is 6.38. The summed E-state index contributed by atoms with van der Waals surface area (Å²) in [6.45, 7) is 0.341. The van der Waals surface area contributed by atoms with Crippen LogP contribution in [-0.2, 0) is 18.4 Å². The lowest BCUT2D eigenvalue weighted by atomic mass is 10.2. The Morgan fingerprint density at radius 1 is 1.31 bits per heavy atom. The molecule has 1 aliphatic rings. The van der Waals surface area contributed by atoms with E-state index in [2.05, 4.69) is 31.8 Å². The number of carbonyl (C=O) groups excluding carboxylic acids is 1. The van der Waals surface area contributed by atoms with Crippen LogP contribution >= 0.6 is 15.9 Å². The van der Waals surface area contributed by atoms with Gasteiger partial charge >= 0.3 is 0 Å². The van der Waals surface area contributed by atoms with Crippen LogP contribution in [0.2, 0.25) is 0 Å². The van der Waals surface area contributed by atoms with Gasteiger partial charge in [-0.15, -0.1) is 0 Å². The molecule has 32 heavy (non-hydrogen) atoms. The zero-order valence-corrected chi connectivity index (χ0v) is 18.7. The molecule has 0 spiro atoms. The van der Waals surface area contributed by atoms with E-state index in [9.17, 15) is 14.0 Å².